The number of benzene rings is 1. The molecule has 0 saturated heterocycles. The van der Waals surface area contributed by atoms with Crippen LogP contribution in [0.4, 0.5) is 0 Å². The predicted octanol–water partition coefficient (Wildman–Crippen LogP) is 2.77. The topological polar surface area (TPSA) is 38.3 Å². The Morgan fingerprint density at radius 3 is 2.76 bits per heavy atom. The summed E-state index contributed by atoms with van der Waals surface area (Å²) in [5.41, 5.74) is 0.900. The molecule has 4 heteroatoms. The molecule has 0 aliphatic carbocycles. The molecular formula is C13H18BrNO2. The van der Waals surface area contributed by atoms with E-state index in [1.165, 1.54) is 0 Å². The first kappa shape index (κ1) is 14.0. The van der Waals surface area contributed by atoms with Crippen molar-refractivity contribution in [3.63, 3.8) is 0 Å². The van der Waals surface area contributed by atoms with Crippen molar-refractivity contribution < 1.29 is 9.53 Å². The summed E-state index contributed by atoms with van der Waals surface area (Å²) in [5, 5.41) is 2.89. The van der Waals surface area contributed by atoms with E-state index in [1.54, 1.807) is 7.11 Å². The minimum atomic E-state index is 0.0272. The Morgan fingerprint density at radius 1 is 1.47 bits per heavy atom. The maximum atomic E-state index is 11.7. The fourth-order valence-electron chi connectivity index (χ4n) is 1.42. The molecule has 94 valence electrons. The highest BCUT2D eigenvalue weighted by atomic mass is 79.9. The lowest BCUT2D eigenvalue weighted by molar-refractivity contribution is -0.120. The number of carbonyl (C=O) groups is 1. The smallest absolute Gasteiger partial charge is 0.224 e. The summed E-state index contributed by atoms with van der Waals surface area (Å²) < 4.78 is 6.19. The Balaban J connectivity index is 2.64. The van der Waals surface area contributed by atoms with Gasteiger partial charge in [0.2, 0.25) is 5.91 Å². The summed E-state index contributed by atoms with van der Waals surface area (Å²) in [7, 11) is 1.61. The third-order valence-electron chi connectivity index (χ3n) is 2.31. The van der Waals surface area contributed by atoms with Crippen molar-refractivity contribution in [1.82, 2.24) is 5.32 Å². The maximum Gasteiger partial charge on any atom is 0.224 e. The van der Waals surface area contributed by atoms with Gasteiger partial charge in [-0.1, -0.05) is 35.8 Å². The van der Waals surface area contributed by atoms with Crippen LogP contribution < -0.4 is 10.1 Å². The minimum Gasteiger partial charge on any atom is -0.496 e. The van der Waals surface area contributed by atoms with Gasteiger partial charge in [-0.3, -0.25) is 4.79 Å². The van der Waals surface area contributed by atoms with Crippen molar-refractivity contribution in [2.24, 2.45) is 5.92 Å². The van der Waals surface area contributed by atoms with Crippen molar-refractivity contribution in [3.8, 4) is 5.75 Å². The Morgan fingerprint density at radius 2 is 2.18 bits per heavy atom. The van der Waals surface area contributed by atoms with Crippen molar-refractivity contribution in [2.45, 2.75) is 20.3 Å². The van der Waals surface area contributed by atoms with E-state index < -0.39 is 0 Å². The van der Waals surface area contributed by atoms with E-state index in [2.05, 4.69) is 35.1 Å². The zero-order chi connectivity index (χ0) is 12.8. The van der Waals surface area contributed by atoms with Gasteiger partial charge >= 0.3 is 0 Å². The highest BCUT2D eigenvalue weighted by Gasteiger charge is 2.09. The van der Waals surface area contributed by atoms with Crippen LogP contribution in [0.25, 0.3) is 0 Å². The molecule has 0 aromatic heterocycles. The summed E-state index contributed by atoms with van der Waals surface area (Å²) >= 11 is 3.37. The molecule has 1 aromatic rings. The van der Waals surface area contributed by atoms with Gasteiger partial charge in [0.15, 0.2) is 0 Å². The molecule has 1 N–H and O–H groups in total. The Hall–Kier alpha value is -1.03. The van der Waals surface area contributed by atoms with Crippen LogP contribution in [0.5, 0.6) is 5.75 Å². The zero-order valence-electron chi connectivity index (χ0n) is 10.4. The van der Waals surface area contributed by atoms with Crippen molar-refractivity contribution in [1.29, 1.82) is 0 Å². The molecule has 0 aliphatic rings. The normalized spacial score (nSPS) is 10.4. The molecule has 1 rings (SSSR count). The number of nitrogens with one attached hydrogen (secondary N) is 1. The standard InChI is InChI=1S/C13H18BrNO2/c1-9(2)8-15-13(16)6-10-4-5-11(14)7-12(10)17-3/h4-5,7,9H,6,8H2,1-3H3,(H,15,16). The number of methoxy groups -OCH3 is 1. The molecule has 0 bridgehead atoms. The number of halogens is 1. The number of hydrogen-bond acceptors (Lipinski definition) is 2. The number of ether oxygens (including phenoxy) is 1. The summed E-state index contributed by atoms with van der Waals surface area (Å²) in [4.78, 5) is 11.7. The second-order valence-electron chi connectivity index (χ2n) is 4.33. The molecule has 1 aromatic carbocycles. The number of carbonyl (C=O) groups excluding carboxylic acids is 1. The number of amides is 1. The van der Waals surface area contributed by atoms with Crippen LogP contribution in [-0.4, -0.2) is 19.6 Å². The molecule has 0 unspecified atom stereocenters. The molecule has 0 atom stereocenters. The Labute approximate surface area is 111 Å². The van der Waals surface area contributed by atoms with Crippen molar-refractivity contribution in [2.75, 3.05) is 13.7 Å². The van der Waals surface area contributed by atoms with Crippen LogP contribution in [0.3, 0.4) is 0 Å². The second-order valence-corrected chi connectivity index (χ2v) is 5.25. The van der Waals surface area contributed by atoms with E-state index in [1.807, 2.05) is 18.2 Å². The monoisotopic (exact) mass is 299 g/mol. The third-order valence-corrected chi connectivity index (χ3v) is 2.80. The van der Waals surface area contributed by atoms with Crippen LogP contribution in [0.1, 0.15) is 19.4 Å². The van der Waals surface area contributed by atoms with Gasteiger partial charge in [0, 0.05) is 16.6 Å². The van der Waals surface area contributed by atoms with Crippen LogP contribution in [0, 0.1) is 5.92 Å². The van der Waals surface area contributed by atoms with Gasteiger partial charge in [0.05, 0.1) is 13.5 Å². The van der Waals surface area contributed by atoms with Crippen LogP contribution in [0.15, 0.2) is 22.7 Å². The molecule has 0 radical (unpaired) electrons. The van der Waals surface area contributed by atoms with Crippen LogP contribution in [-0.2, 0) is 11.2 Å². The van der Waals surface area contributed by atoms with E-state index in [0.29, 0.717) is 18.9 Å². The average Bonchev–Trinajstić information content (AvgIpc) is 2.28. The fraction of sp³-hybridized carbons (Fsp3) is 0.462. The second kappa shape index (κ2) is 6.64. The average molecular weight is 300 g/mol. The molecule has 17 heavy (non-hydrogen) atoms. The zero-order valence-corrected chi connectivity index (χ0v) is 12.0. The summed E-state index contributed by atoms with van der Waals surface area (Å²) in [6.45, 7) is 4.85. The number of rotatable bonds is 5. The first-order valence-corrected chi connectivity index (χ1v) is 6.41. The van der Waals surface area contributed by atoms with Gasteiger partial charge in [0.1, 0.15) is 5.75 Å². The first-order valence-electron chi connectivity index (χ1n) is 5.62. The highest BCUT2D eigenvalue weighted by Crippen LogP contribution is 2.23. The van der Waals surface area contributed by atoms with Gasteiger partial charge in [0.25, 0.3) is 0 Å². The van der Waals surface area contributed by atoms with Crippen molar-refractivity contribution in [3.05, 3.63) is 28.2 Å². The lowest BCUT2D eigenvalue weighted by Crippen LogP contribution is -2.28. The van der Waals surface area contributed by atoms with Gasteiger partial charge < -0.3 is 10.1 Å². The SMILES string of the molecule is COc1cc(Br)ccc1CC(=O)NCC(C)C. The Bertz CT molecular complexity index is 391. The van der Waals surface area contributed by atoms with E-state index in [-0.39, 0.29) is 5.91 Å². The quantitative estimate of drug-likeness (QED) is 0.908. The minimum absolute atomic E-state index is 0.0272. The lowest BCUT2D eigenvalue weighted by Gasteiger charge is -2.10. The van der Waals surface area contributed by atoms with E-state index in [4.69, 9.17) is 4.74 Å². The van der Waals surface area contributed by atoms with E-state index >= 15 is 0 Å². The van der Waals surface area contributed by atoms with E-state index in [9.17, 15) is 4.79 Å². The molecular weight excluding hydrogens is 282 g/mol. The fourth-order valence-corrected chi connectivity index (χ4v) is 1.76. The predicted molar refractivity (Wildman–Crippen MR) is 72.2 cm³/mol. The molecule has 0 fully saturated rings. The first-order chi connectivity index (χ1) is 8.02. The van der Waals surface area contributed by atoms with Crippen LogP contribution in [0.2, 0.25) is 0 Å². The van der Waals surface area contributed by atoms with Crippen molar-refractivity contribution >= 4 is 21.8 Å². The van der Waals surface area contributed by atoms with Crippen LogP contribution >= 0.6 is 15.9 Å². The maximum absolute atomic E-state index is 11.7. The lowest BCUT2D eigenvalue weighted by atomic mass is 10.1. The Kier molecular flexibility index (Phi) is 5.48. The molecule has 3 nitrogen and oxygen atoms in total. The molecule has 0 spiro atoms. The molecule has 0 aliphatic heterocycles. The molecule has 0 saturated carbocycles. The largest absolute Gasteiger partial charge is 0.496 e. The van der Waals surface area contributed by atoms with Gasteiger partial charge in [-0.05, 0) is 18.1 Å². The van der Waals surface area contributed by atoms with E-state index in [0.717, 1.165) is 15.8 Å². The van der Waals surface area contributed by atoms with Gasteiger partial charge in [-0.25, -0.2) is 0 Å². The highest BCUT2D eigenvalue weighted by molar-refractivity contribution is 9.10. The molecule has 1 amide bonds. The summed E-state index contributed by atoms with van der Waals surface area (Å²) in [5.74, 6) is 1.23. The number of hydrogen-bond donors (Lipinski definition) is 1. The van der Waals surface area contributed by atoms with Gasteiger partial charge in [-0.2, -0.15) is 0 Å². The summed E-state index contributed by atoms with van der Waals surface area (Å²) in [6, 6.07) is 5.68. The van der Waals surface area contributed by atoms with Gasteiger partial charge in [-0.15, -0.1) is 0 Å². The third kappa shape index (κ3) is 4.77. The molecule has 0 heterocycles. The summed E-state index contributed by atoms with van der Waals surface area (Å²) in [6.07, 6.45) is 0.350.